The predicted octanol–water partition coefficient (Wildman–Crippen LogP) is 3.14. The number of ether oxygens (including phenoxy) is 3. The zero-order chi connectivity index (χ0) is 28.8. The molecule has 3 N–H and O–H groups in total. The molecule has 0 bridgehead atoms. The van der Waals surface area contributed by atoms with E-state index in [9.17, 15) is 24.9 Å². The normalized spacial score (nSPS) is 52.0. The number of nitrogens with zero attached hydrogens (tertiary/aromatic N) is 1. The Morgan fingerprint density at radius 1 is 1.10 bits per heavy atom. The molecule has 0 radical (unpaired) electrons. The van der Waals surface area contributed by atoms with E-state index < -0.39 is 28.0 Å². The van der Waals surface area contributed by atoms with Crippen molar-refractivity contribution < 1.29 is 39.1 Å². The molecular formula is C31H43NO8S. The molecule has 3 aliphatic heterocycles. The monoisotopic (exact) mass is 589 g/mol. The first-order chi connectivity index (χ1) is 19.5. The Bertz CT molecular complexity index is 1170. The minimum absolute atomic E-state index is 0.0333. The average Bonchev–Trinajstić information content (AvgIpc) is 3.65. The highest BCUT2D eigenvalue weighted by atomic mass is 32.2. The smallest absolute Gasteiger partial charge is 0.331 e. The second-order valence-corrected chi connectivity index (χ2v) is 15.5. The summed E-state index contributed by atoms with van der Waals surface area (Å²) in [4.78, 5) is 28.3. The molecule has 5 fully saturated rings. The topological polar surface area (TPSA) is 135 Å². The zero-order valence-electron chi connectivity index (χ0n) is 24.0. The number of carbonyl (C=O) groups excluding carboxylic acids is 2. The van der Waals surface area contributed by atoms with Crippen LogP contribution in [0.1, 0.15) is 78.1 Å². The van der Waals surface area contributed by atoms with Crippen LogP contribution in [-0.2, 0) is 23.8 Å². The maximum atomic E-state index is 13.1. The van der Waals surface area contributed by atoms with Crippen LogP contribution in [0.2, 0.25) is 0 Å². The van der Waals surface area contributed by atoms with Gasteiger partial charge in [0.25, 0.3) is 5.79 Å². The number of hydrogen-bond acceptors (Lipinski definition) is 10. The second-order valence-electron chi connectivity index (χ2n) is 14.2. The van der Waals surface area contributed by atoms with Gasteiger partial charge in [-0.1, -0.05) is 6.92 Å². The van der Waals surface area contributed by atoms with Gasteiger partial charge in [-0.05, 0) is 94.0 Å². The minimum atomic E-state index is -2.26. The Morgan fingerprint density at radius 3 is 2.63 bits per heavy atom. The van der Waals surface area contributed by atoms with E-state index in [1.165, 1.54) is 18.0 Å². The molecule has 7 rings (SSSR count). The van der Waals surface area contributed by atoms with Crippen LogP contribution in [0.25, 0.3) is 0 Å². The summed E-state index contributed by atoms with van der Waals surface area (Å²) in [6.45, 7) is 4.42. The van der Waals surface area contributed by atoms with Gasteiger partial charge in [0, 0.05) is 35.3 Å². The Morgan fingerprint density at radius 2 is 1.93 bits per heavy atom. The molecular weight excluding hydrogens is 546 g/mol. The highest BCUT2D eigenvalue weighted by molar-refractivity contribution is 8.01. The molecule has 1 spiro atoms. The number of hydrogen-bond donors (Lipinski definition) is 3. The first-order valence-electron chi connectivity index (χ1n) is 15.5. The van der Waals surface area contributed by atoms with Crippen molar-refractivity contribution in [3.8, 4) is 0 Å². The van der Waals surface area contributed by atoms with Gasteiger partial charge in [0.2, 0.25) is 6.29 Å². The lowest BCUT2D eigenvalue weighted by molar-refractivity contribution is -0.374. The van der Waals surface area contributed by atoms with Crippen molar-refractivity contribution in [2.24, 2.45) is 39.5 Å². The molecule has 0 aromatic carbocycles. The van der Waals surface area contributed by atoms with Crippen molar-refractivity contribution in [1.29, 1.82) is 0 Å². The molecule has 9 nitrogen and oxygen atoms in total. The van der Waals surface area contributed by atoms with Gasteiger partial charge < -0.3 is 34.3 Å². The maximum Gasteiger partial charge on any atom is 0.331 e. The molecule has 11 atom stereocenters. The van der Waals surface area contributed by atoms with Crippen molar-refractivity contribution in [2.75, 3.05) is 12.4 Å². The van der Waals surface area contributed by atoms with E-state index in [0.717, 1.165) is 37.7 Å². The lowest BCUT2D eigenvalue weighted by atomic mass is 9.43. The molecule has 4 saturated carbocycles. The van der Waals surface area contributed by atoms with Crippen molar-refractivity contribution in [1.82, 2.24) is 0 Å². The van der Waals surface area contributed by atoms with Gasteiger partial charge in [-0.25, -0.2) is 4.79 Å². The number of carbonyl (C=O) groups is 2. The summed E-state index contributed by atoms with van der Waals surface area (Å²) in [5.74, 6) is -1.57. The molecule has 0 amide bonds. The van der Waals surface area contributed by atoms with E-state index in [2.05, 4.69) is 11.9 Å². The third-order valence-corrected chi connectivity index (χ3v) is 13.9. The molecule has 226 valence electrons. The van der Waals surface area contributed by atoms with Crippen LogP contribution in [0, 0.1) is 34.5 Å². The maximum absolute atomic E-state index is 13.1. The fourth-order valence-corrected chi connectivity index (χ4v) is 11.7. The standard InChI is InChI=1S/C31H43NO8S/c1-18-15-30(32-11-12-41-30)31(36,37)26(39-18)40-21-5-9-28(17-33)20(14-21)3-4-24-23(28)6-8-27(2)22(7-10-29(24,27)35)19-13-25(34)38-16-19/h11,13,17-18,20-24,26,35-37H,3-10,12,14-16H2,1-2H3/t18-,20?,21+,22?,23?,24?,26?,27?,28?,29?,30?/m1/s1. The van der Waals surface area contributed by atoms with Gasteiger partial charge in [0.1, 0.15) is 12.9 Å². The molecule has 1 saturated heterocycles. The third-order valence-electron chi connectivity index (χ3n) is 12.6. The van der Waals surface area contributed by atoms with Gasteiger partial charge >= 0.3 is 5.97 Å². The number of aliphatic imine (C=N–C) groups is 1. The molecule has 0 aromatic rings. The SMILES string of the molecule is C[C@@H]1CC2(N=CCS2)C(O)(O)C(O[C@H]2CCC3(C=O)C(CCC4C3CCC3(C)C(C5=CC(=O)OC5)CCC43O)C2)O1. The highest BCUT2D eigenvalue weighted by Crippen LogP contribution is 2.69. The van der Waals surface area contributed by atoms with E-state index in [-0.39, 0.29) is 47.3 Å². The fourth-order valence-electron chi connectivity index (χ4n) is 10.5. The molecule has 10 heteroatoms. The van der Waals surface area contributed by atoms with Crippen LogP contribution in [-0.4, -0.2) is 80.9 Å². The van der Waals surface area contributed by atoms with Crippen LogP contribution >= 0.6 is 11.8 Å². The summed E-state index contributed by atoms with van der Waals surface area (Å²) in [6.07, 6.45) is 10.0. The number of aliphatic hydroxyl groups is 3. The van der Waals surface area contributed by atoms with Crippen LogP contribution in [0.15, 0.2) is 16.6 Å². The summed E-state index contributed by atoms with van der Waals surface area (Å²) in [5.41, 5.74) is -0.737. The summed E-state index contributed by atoms with van der Waals surface area (Å²) in [5, 5.41) is 34.9. The summed E-state index contributed by atoms with van der Waals surface area (Å²) in [6, 6.07) is 0. The molecule has 3 heterocycles. The highest BCUT2D eigenvalue weighted by Gasteiger charge is 2.69. The lowest BCUT2D eigenvalue weighted by Crippen LogP contribution is -2.66. The van der Waals surface area contributed by atoms with E-state index in [1.807, 2.05) is 6.92 Å². The Kier molecular flexibility index (Phi) is 6.66. The number of rotatable bonds is 4. The number of aldehydes is 1. The van der Waals surface area contributed by atoms with E-state index in [1.54, 1.807) is 12.3 Å². The Balaban J connectivity index is 1.09. The van der Waals surface area contributed by atoms with Crippen LogP contribution in [0.4, 0.5) is 0 Å². The molecule has 4 aliphatic carbocycles. The van der Waals surface area contributed by atoms with E-state index in [0.29, 0.717) is 44.5 Å². The number of fused-ring (bicyclic) bond motifs is 5. The van der Waals surface area contributed by atoms with Gasteiger partial charge in [-0.3, -0.25) is 4.99 Å². The van der Waals surface area contributed by atoms with Crippen molar-refractivity contribution in [2.45, 2.75) is 113 Å². The molecule has 9 unspecified atom stereocenters. The average molecular weight is 590 g/mol. The van der Waals surface area contributed by atoms with Gasteiger partial charge in [-0.2, -0.15) is 0 Å². The van der Waals surface area contributed by atoms with Crippen LogP contribution in [0.3, 0.4) is 0 Å². The van der Waals surface area contributed by atoms with Crippen molar-refractivity contribution in [3.05, 3.63) is 11.6 Å². The summed E-state index contributed by atoms with van der Waals surface area (Å²) < 4.78 is 17.5. The number of esters is 1. The van der Waals surface area contributed by atoms with Crippen molar-refractivity contribution in [3.63, 3.8) is 0 Å². The third kappa shape index (κ3) is 3.89. The number of thioether (sulfide) groups is 1. The van der Waals surface area contributed by atoms with Gasteiger partial charge in [0.05, 0.1) is 17.8 Å². The first kappa shape index (κ1) is 28.5. The summed E-state index contributed by atoms with van der Waals surface area (Å²) in [7, 11) is 0. The zero-order valence-corrected chi connectivity index (χ0v) is 24.8. The van der Waals surface area contributed by atoms with Gasteiger partial charge in [0.15, 0.2) is 4.87 Å². The molecule has 7 aliphatic rings. The number of cyclic esters (lactones) is 1. The quantitative estimate of drug-likeness (QED) is 0.196. The molecule has 41 heavy (non-hydrogen) atoms. The molecule has 0 aromatic heterocycles. The van der Waals surface area contributed by atoms with Crippen LogP contribution < -0.4 is 0 Å². The van der Waals surface area contributed by atoms with Crippen molar-refractivity contribution >= 4 is 30.2 Å². The van der Waals surface area contributed by atoms with Gasteiger partial charge in [-0.15, -0.1) is 11.8 Å². The van der Waals surface area contributed by atoms with Crippen LogP contribution in [0.5, 0.6) is 0 Å². The second kappa shape index (κ2) is 9.60. The first-order valence-corrected chi connectivity index (χ1v) is 16.5. The Hall–Kier alpha value is -1.30. The predicted molar refractivity (Wildman–Crippen MR) is 151 cm³/mol. The van der Waals surface area contributed by atoms with E-state index in [4.69, 9.17) is 14.2 Å². The largest absolute Gasteiger partial charge is 0.458 e. The lowest BCUT2D eigenvalue weighted by Gasteiger charge is -2.63. The Labute approximate surface area is 245 Å². The minimum Gasteiger partial charge on any atom is -0.458 e. The fraction of sp³-hybridized carbons (Fsp3) is 0.839. The van der Waals surface area contributed by atoms with E-state index >= 15 is 0 Å². The summed E-state index contributed by atoms with van der Waals surface area (Å²) >= 11 is 1.41.